The molecule has 2 rings (SSSR count). The molecule has 0 spiro atoms. The van der Waals surface area contributed by atoms with E-state index in [1.165, 1.54) is 0 Å². The maximum absolute atomic E-state index is 13.2. The first kappa shape index (κ1) is 22.5. The Balaban J connectivity index is 2.12. The molecule has 0 aliphatic carbocycles. The lowest BCUT2D eigenvalue weighted by Crippen LogP contribution is -2.48. The third kappa shape index (κ3) is 6.10. The van der Waals surface area contributed by atoms with E-state index in [-0.39, 0.29) is 23.8 Å². The number of rotatable bonds is 14. The van der Waals surface area contributed by atoms with Crippen LogP contribution in [0.5, 0.6) is 0 Å². The predicted octanol–water partition coefficient (Wildman–Crippen LogP) is 4.11. The van der Waals surface area contributed by atoms with Crippen LogP contribution in [-0.4, -0.2) is 49.2 Å². The van der Waals surface area contributed by atoms with E-state index < -0.39 is 23.0 Å². The Morgan fingerprint density at radius 3 is 1.44 bits per heavy atom. The van der Waals surface area contributed by atoms with Crippen molar-refractivity contribution in [2.45, 2.75) is 104 Å². The smallest absolute Gasteiger partial charge is 0.169 e. The summed E-state index contributed by atoms with van der Waals surface area (Å²) in [6.07, 6.45) is 3.89. The summed E-state index contributed by atoms with van der Waals surface area (Å²) in [5.41, 5.74) is -0.968. The molecule has 5 nitrogen and oxygen atoms in total. The van der Waals surface area contributed by atoms with Gasteiger partial charge in [0.2, 0.25) is 0 Å². The van der Waals surface area contributed by atoms with Crippen LogP contribution in [0.4, 0.5) is 0 Å². The number of carbonyl (C=O) groups excluding carboxylic acids is 2. The molecule has 2 aliphatic rings. The lowest BCUT2D eigenvalue weighted by atomic mass is 9.78. The van der Waals surface area contributed by atoms with Crippen LogP contribution in [0.2, 0.25) is 0 Å². The Labute approximate surface area is 164 Å². The van der Waals surface area contributed by atoms with Gasteiger partial charge in [0.15, 0.2) is 11.6 Å². The molecule has 2 aliphatic heterocycles. The average molecular weight is 383 g/mol. The minimum atomic E-state index is -0.683. The number of carbonyl (C=O) groups is 2. The van der Waals surface area contributed by atoms with Crippen molar-refractivity contribution >= 4 is 11.6 Å². The zero-order chi connectivity index (χ0) is 20.2. The minimum absolute atomic E-state index is 0.0447. The van der Waals surface area contributed by atoms with Gasteiger partial charge in [0.25, 0.3) is 0 Å². The molecule has 0 amide bonds. The lowest BCUT2D eigenvalue weighted by Gasteiger charge is -2.32. The van der Waals surface area contributed by atoms with Gasteiger partial charge in [-0.2, -0.15) is 0 Å². The topological polar surface area (TPSA) is 68.4 Å². The monoisotopic (exact) mass is 382 g/mol. The first-order chi connectivity index (χ1) is 12.6. The molecule has 2 heterocycles. The number of Topliss-reactive ketones (excluding diaryl/α,β-unsaturated/α-hetero) is 2. The van der Waals surface area contributed by atoms with E-state index >= 15 is 0 Å². The van der Waals surface area contributed by atoms with E-state index in [4.69, 9.17) is 14.2 Å². The number of hydrogen-bond acceptors (Lipinski definition) is 5. The average Bonchev–Trinajstić information content (AvgIpc) is 3.50. The van der Waals surface area contributed by atoms with Gasteiger partial charge in [0.1, 0.15) is 24.4 Å². The van der Waals surface area contributed by atoms with Gasteiger partial charge in [-0.25, -0.2) is 0 Å². The quantitative estimate of drug-likeness (QED) is 0.423. The van der Waals surface area contributed by atoms with Crippen molar-refractivity contribution in [1.82, 2.24) is 0 Å². The highest BCUT2D eigenvalue weighted by atomic mass is 16.6. The van der Waals surface area contributed by atoms with Crippen molar-refractivity contribution in [2.75, 3.05) is 13.2 Å². The third-order valence-corrected chi connectivity index (χ3v) is 5.85. The molecule has 0 aromatic heterocycles. The van der Waals surface area contributed by atoms with Gasteiger partial charge in [-0.1, -0.05) is 67.2 Å². The Morgan fingerprint density at radius 2 is 1.19 bits per heavy atom. The molecule has 0 bridgehead atoms. The molecule has 0 aromatic rings. The fourth-order valence-corrected chi connectivity index (χ4v) is 3.51. The fourth-order valence-electron chi connectivity index (χ4n) is 3.51. The van der Waals surface area contributed by atoms with Gasteiger partial charge in [-0.15, -0.1) is 0 Å². The molecule has 2 saturated heterocycles. The number of hydrogen-bond donors (Lipinski definition) is 0. The van der Waals surface area contributed by atoms with E-state index in [1.54, 1.807) is 0 Å². The summed E-state index contributed by atoms with van der Waals surface area (Å²) in [6, 6.07) is 0. The second-order valence-electron chi connectivity index (χ2n) is 9.42. The van der Waals surface area contributed by atoms with Crippen molar-refractivity contribution < 1.29 is 23.8 Å². The van der Waals surface area contributed by atoms with Crippen molar-refractivity contribution in [2.24, 2.45) is 10.8 Å². The van der Waals surface area contributed by atoms with Crippen LogP contribution >= 0.6 is 0 Å². The highest BCUT2D eigenvalue weighted by Crippen LogP contribution is 2.36. The Morgan fingerprint density at radius 1 is 0.852 bits per heavy atom. The Kier molecular flexibility index (Phi) is 7.62. The Hall–Kier alpha value is -0.780. The maximum Gasteiger partial charge on any atom is 0.169 e. The molecule has 2 fully saturated rings. The van der Waals surface area contributed by atoms with Crippen molar-refractivity contribution in [3.63, 3.8) is 0 Å². The number of ketones is 2. The summed E-state index contributed by atoms with van der Waals surface area (Å²) in [5.74, 6) is 0.0894. The molecule has 0 saturated carbocycles. The zero-order valence-corrected chi connectivity index (χ0v) is 18.0. The molecule has 156 valence electrons. The van der Waals surface area contributed by atoms with E-state index in [9.17, 15) is 9.59 Å². The van der Waals surface area contributed by atoms with Crippen molar-refractivity contribution in [1.29, 1.82) is 0 Å². The third-order valence-electron chi connectivity index (χ3n) is 5.85. The largest absolute Gasteiger partial charge is 0.370 e. The molecule has 5 heteroatoms. The molecular formula is C22H38O5. The summed E-state index contributed by atoms with van der Waals surface area (Å²) in [5, 5.41) is 0. The SMILES string of the molecule is CCCCC(C)(C)C(=O)C(OC(C(=O)C(C)(C)CCCC)C1CO1)C1CO1. The predicted molar refractivity (Wildman–Crippen MR) is 105 cm³/mol. The van der Waals surface area contributed by atoms with Gasteiger partial charge >= 0.3 is 0 Å². The van der Waals surface area contributed by atoms with Crippen LogP contribution in [0.15, 0.2) is 0 Å². The minimum Gasteiger partial charge on any atom is -0.370 e. The second kappa shape index (κ2) is 9.15. The van der Waals surface area contributed by atoms with Crippen LogP contribution in [0.25, 0.3) is 0 Å². The van der Waals surface area contributed by atoms with Crippen LogP contribution in [0.3, 0.4) is 0 Å². The first-order valence-corrected chi connectivity index (χ1v) is 10.6. The van der Waals surface area contributed by atoms with E-state index in [2.05, 4.69) is 13.8 Å². The molecule has 0 radical (unpaired) electrons. The van der Waals surface area contributed by atoms with Crippen LogP contribution < -0.4 is 0 Å². The molecule has 0 N–H and O–H groups in total. The molecule has 0 aromatic carbocycles. The number of epoxide rings is 2. The van der Waals surface area contributed by atoms with E-state index in [0.717, 1.165) is 38.5 Å². The van der Waals surface area contributed by atoms with Crippen LogP contribution in [-0.2, 0) is 23.8 Å². The first-order valence-electron chi connectivity index (χ1n) is 10.6. The number of ether oxygens (including phenoxy) is 3. The van der Waals surface area contributed by atoms with Crippen LogP contribution in [0, 0.1) is 10.8 Å². The van der Waals surface area contributed by atoms with E-state index in [0.29, 0.717) is 13.2 Å². The van der Waals surface area contributed by atoms with Crippen molar-refractivity contribution in [3.8, 4) is 0 Å². The Bertz CT molecular complexity index is 471. The summed E-state index contributed by atoms with van der Waals surface area (Å²) < 4.78 is 17.1. The highest BCUT2D eigenvalue weighted by molar-refractivity contribution is 5.91. The molecular weight excluding hydrogens is 344 g/mol. The molecule has 27 heavy (non-hydrogen) atoms. The van der Waals surface area contributed by atoms with Crippen LogP contribution in [0.1, 0.15) is 80.1 Å². The second-order valence-corrected chi connectivity index (χ2v) is 9.42. The fraction of sp³-hybridized carbons (Fsp3) is 0.909. The summed E-state index contributed by atoms with van der Waals surface area (Å²) >= 11 is 0. The van der Waals surface area contributed by atoms with Gasteiger partial charge in [0.05, 0.1) is 13.2 Å². The summed E-state index contributed by atoms with van der Waals surface area (Å²) in [6.45, 7) is 13.2. The van der Waals surface area contributed by atoms with Gasteiger partial charge in [0, 0.05) is 10.8 Å². The summed E-state index contributed by atoms with van der Waals surface area (Å²) in [4.78, 5) is 26.4. The van der Waals surface area contributed by atoms with Gasteiger partial charge in [-0.3, -0.25) is 9.59 Å². The zero-order valence-electron chi connectivity index (χ0n) is 18.0. The lowest BCUT2D eigenvalue weighted by molar-refractivity contribution is -0.156. The summed E-state index contributed by atoms with van der Waals surface area (Å²) in [7, 11) is 0. The molecule has 4 unspecified atom stereocenters. The number of unbranched alkanes of at least 4 members (excludes halogenated alkanes) is 2. The highest BCUT2D eigenvalue weighted by Gasteiger charge is 2.51. The van der Waals surface area contributed by atoms with Gasteiger partial charge < -0.3 is 14.2 Å². The normalized spacial score (nSPS) is 24.4. The molecule has 4 atom stereocenters. The van der Waals surface area contributed by atoms with E-state index in [1.807, 2.05) is 27.7 Å². The standard InChI is InChI=1S/C22H38O5/c1-7-9-11-21(3,4)19(23)17(15-13-25-15)27-18(16-14-26-16)20(24)22(5,6)12-10-8-2/h15-18H,7-14H2,1-6H3. The maximum atomic E-state index is 13.2. The van der Waals surface area contributed by atoms with Crippen molar-refractivity contribution in [3.05, 3.63) is 0 Å². The van der Waals surface area contributed by atoms with Gasteiger partial charge in [-0.05, 0) is 12.8 Å².